The number of rotatable bonds is 4. The molecule has 0 bridgehead atoms. The van der Waals surface area contributed by atoms with Crippen molar-refractivity contribution >= 4 is 38.3 Å². The number of halogens is 4. The first-order valence-electron chi connectivity index (χ1n) is 5.76. The molecule has 4 nitrogen and oxygen atoms in total. The highest BCUT2D eigenvalue weighted by atomic mass is 127. The van der Waals surface area contributed by atoms with Crippen LogP contribution in [0.5, 0.6) is 5.75 Å². The van der Waals surface area contributed by atoms with E-state index in [0.29, 0.717) is 0 Å². The predicted molar refractivity (Wildman–Crippen MR) is 82.8 cm³/mol. The molecule has 0 aromatic heterocycles. The Kier molecular flexibility index (Phi) is 4.85. The van der Waals surface area contributed by atoms with Crippen LogP contribution in [0.15, 0.2) is 35.2 Å². The molecule has 2 rings (SSSR count). The molecule has 0 saturated carbocycles. The van der Waals surface area contributed by atoms with Gasteiger partial charge in [0.2, 0.25) is 0 Å². The van der Waals surface area contributed by atoms with Gasteiger partial charge in [-0.05, 0) is 46.9 Å². The molecule has 1 N–H and O–H groups in total. The largest absolute Gasteiger partial charge is 0.492 e. The van der Waals surface area contributed by atoms with Crippen LogP contribution in [0.4, 0.5) is 18.9 Å². The van der Waals surface area contributed by atoms with Crippen LogP contribution in [0, 0.1) is 21.0 Å². The topological polar surface area (TPSA) is 55.4 Å². The Labute approximate surface area is 138 Å². The average molecular weight is 443 g/mol. The summed E-state index contributed by atoms with van der Waals surface area (Å²) in [5.41, 5.74) is -0.841. The quantitative estimate of drug-likeness (QED) is 0.737. The summed E-state index contributed by atoms with van der Waals surface area (Å²) in [5, 5.41) is 0. The molecule has 2 aromatic rings. The Morgan fingerprint density at radius 2 is 1.68 bits per heavy atom. The van der Waals surface area contributed by atoms with Crippen molar-refractivity contribution in [2.24, 2.45) is 0 Å². The number of benzene rings is 2. The average Bonchev–Trinajstić information content (AvgIpc) is 2.42. The molecule has 0 aliphatic carbocycles. The second kappa shape index (κ2) is 6.32. The fraction of sp³-hybridized carbons (Fsp3) is 0.0769. The van der Waals surface area contributed by atoms with E-state index < -0.39 is 43.8 Å². The van der Waals surface area contributed by atoms with E-state index in [2.05, 4.69) is 0 Å². The summed E-state index contributed by atoms with van der Waals surface area (Å²) in [6.45, 7) is 0. The maximum atomic E-state index is 13.7. The van der Waals surface area contributed by atoms with E-state index in [-0.39, 0.29) is 3.57 Å². The molecule has 9 heteroatoms. The van der Waals surface area contributed by atoms with Crippen molar-refractivity contribution in [1.82, 2.24) is 0 Å². The third kappa shape index (κ3) is 3.29. The van der Waals surface area contributed by atoms with E-state index >= 15 is 0 Å². The first-order chi connectivity index (χ1) is 10.3. The fourth-order valence-electron chi connectivity index (χ4n) is 1.73. The van der Waals surface area contributed by atoms with Crippen molar-refractivity contribution < 1.29 is 26.3 Å². The number of hydrogen-bond donors (Lipinski definition) is 1. The summed E-state index contributed by atoms with van der Waals surface area (Å²) in [6, 6.07) is 5.14. The number of sulfonamides is 1. The molecule has 0 fully saturated rings. The molecule has 0 atom stereocenters. The van der Waals surface area contributed by atoms with Crippen molar-refractivity contribution in [2.75, 3.05) is 11.8 Å². The van der Waals surface area contributed by atoms with Gasteiger partial charge in [-0.1, -0.05) is 6.07 Å². The standard InChI is InChI=1S/C13H9F3INO3S/c1-21-13-8(14)3-2-4-11(13)22(19,20)18-12-9(15)5-7(17)6-10(12)16/h2-6,18H,1H3. The first-order valence-corrected chi connectivity index (χ1v) is 8.32. The monoisotopic (exact) mass is 443 g/mol. The highest BCUT2D eigenvalue weighted by molar-refractivity contribution is 14.1. The summed E-state index contributed by atoms with van der Waals surface area (Å²) in [4.78, 5) is -0.563. The summed E-state index contributed by atoms with van der Waals surface area (Å²) in [6.07, 6.45) is 0. The Morgan fingerprint density at radius 1 is 1.09 bits per heavy atom. The summed E-state index contributed by atoms with van der Waals surface area (Å²) < 4.78 is 72.2. The van der Waals surface area contributed by atoms with E-state index in [4.69, 9.17) is 4.74 Å². The van der Waals surface area contributed by atoms with Crippen molar-refractivity contribution in [2.45, 2.75) is 4.90 Å². The van der Waals surface area contributed by atoms with E-state index in [0.717, 1.165) is 37.4 Å². The minimum atomic E-state index is -4.43. The Morgan fingerprint density at radius 3 is 2.23 bits per heavy atom. The maximum Gasteiger partial charge on any atom is 0.265 e. The van der Waals surface area contributed by atoms with Gasteiger partial charge in [0, 0.05) is 3.57 Å². The Balaban J connectivity index is 2.52. The van der Waals surface area contributed by atoms with Crippen LogP contribution >= 0.6 is 22.6 Å². The van der Waals surface area contributed by atoms with Gasteiger partial charge >= 0.3 is 0 Å². The smallest absolute Gasteiger partial charge is 0.265 e. The van der Waals surface area contributed by atoms with Gasteiger partial charge in [-0.15, -0.1) is 0 Å². The molecule has 0 aliphatic heterocycles. The number of methoxy groups -OCH3 is 1. The van der Waals surface area contributed by atoms with Crippen molar-refractivity contribution in [1.29, 1.82) is 0 Å². The lowest BCUT2D eigenvalue weighted by atomic mass is 10.3. The van der Waals surface area contributed by atoms with Crippen LogP contribution in [0.1, 0.15) is 0 Å². The molecule has 22 heavy (non-hydrogen) atoms. The molecule has 0 aliphatic rings. The summed E-state index contributed by atoms with van der Waals surface area (Å²) in [7, 11) is -3.35. The zero-order chi connectivity index (χ0) is 16.5. The molecule has 0 heterocycles. The highest BCUT2D eigenvalue weighted by Crippen LogP contribution is 2.30. The number of hydrogen-bond acceptors (Lipinski definition) is 3. The summed E-state index contributed by atoms with van der Waals surface area (Å²) >= 11 is 1.69. The predicted octanol–water partition coefficient (Wildman–Crippen LogP) is 3.52. The molecule has 0 radical (unpaired) electrons. The molecule has 0 spiro atoms. The van der Waals surface area contributed by atoms with Crippen LogP contribution in [-0.4, -0.2) is 15.5 Å². The minimum Gasteiger partial charge on any atom is -0.492 e. The summed E-state index contributed by atoms with van der Waals surface area (Å²) in [5.74, 6) is -3.61. The first kappa shape index (κ1) is 16.9. The van der Waals surface area contributed by atoms with Gasteiger partial charge < -0.3 is 4.74 Å². The lowest BCUT2D eigenvalue weighted by molar-refractivity contribution is 0.374. The van der Waals surface area contributed by atoms with Crippen molar-refractivity contribution in [3.63, 3.8) is 0 Å². The van der Waals surface area contributed by atoms with Crippen LogP contribution in [0.2, 0.25) is 0 Å². The normalized spacial score (nSPS) is 11.3. The lowest BCUT2D eigenvalue weighted by Crippen LogP contribution is -2.16. The molecule has 0 saturated heterocycles. The van der Waals surface area contributed by atoms with E-state index in [1.165, 1.54) is 0 Å². The Bertz CT molecular complexity index is 804. The molecular formula is C13H9F3INO3S. The minimum absolute atomic E-state index is 0.263. The number of nitrogens with one attached hydrogen (secondary N) is 1. The third-order valence-electron chi connectivity index (χ3n) is 2.67. The molecule has 118 valence electrons. The van der Waals surface area contributed by atoms with Gasteiger partial charge in [0.05, 0.1) is 7.11 Å². The van der Waals surface area contributed by atoms with Crippen LogP contribution in [0.25, 0.3) is 0 Å². The Hall–Kier alpha value is -1.49. The zero-order valence-electron chi connectivity index (χ0n) is 11.0. The number of para-hydroxylation sites is 1. The number of ether oxygens (including phenoxy) is 1. The lowest BCUT2D eigenvalue weighted by Gasteiger charge is -2.13. The highest BCUT2D eigenvalue weighted by Gasteiger charge is 2.25. The zero-order valence-corrected chi connectivity index (χ0v) is 14.0. The van der Waals surface area contributed by atoms with Gasteiger partial charge in [0.25, 0.3) is 10.0 Å². The van der Waals surface area contributed by atoms with Gasteiger partial charge in [0.1, 0.15) is 10.6 Å². The maximum absolute atomic E-state index is 13.7. The van der Waals surface area contributed by atoms with Crippen LogP contribution < -0.4 is 9.46 Å². The molecule has 0 amide bonds. The van der Waals surface area contributed by atoms with Gasteiger partial charge in [0.15, 0.2) is 23.2 Å². The van der Waals surface area contributed by atoms with Gasteiger partial charge in [-0.2, -0.15) is 0 Å². The van der Waals surface area contributed by atoms with E-state index in [9.17, 15) is 21.6 Å². The van der Waals surface area contributed by atoms with Gasteiger partial charge in [-0.25, -0.2) is 21.6 Å². The van der Waals surface area contributed by atoms with E-state index in [1.54, 1.807) is 27.3 Å². The van der Waals surface area contributed by atoms with Crippen molar-refractivity contribution in [3.05, 3.63) is 51.4 Å². The third-order valence-corrected chi connectivity index (χ3v) is 4.66. The fourth-order valence-corrected chi connectivity index (χ4v) is 3.53. The van der Waals surface area contributed by atoms with E-state index in [1.807, 2.05) is 0 Å². The molecule has 2 aromatic carbocycles. The van der Waals surface area contributed by atoms with Crippen LogP contribution in [-0.2, 0) is 10.0 Å². The van der Waals surface area contributed by atoms with Gasteiger partial charge in [-0.3, -0.25) is 4.72 Å². The van der Waals surface area contributed by atoms with Crippen molar-refractivity contribution in [3.8, 4) is 5.75 Å². The second-order valence-electron chi connectivity index (χ2n) is 4.12. The SMILES string of the molecule is COc1c(F)cccc1S(=O)(=O)Nc1c(F)cc(I)cc1F. The molecule has 0 unspecified atom stereocenters. The molecular weight excluding hydrogens is 434 g/mol. The number of anilines is 1. The van der Waals surface area contributed by atoms with Crippen LogP contribution in [0.3, 0.4) is 0 Å². The second-order valence-corrected chi connectivity index (χ2v) is 7.02.